The molecule has 0 unspecified atom stereocenters. The fraction of sp³-hybridized carbons (Fsp3) is 0. The second-order valence-electron chi connectivity index (χ2n) is 2.63. The molecule has 1 heterocycles. The molecule has 13 heavy (non-hydrogen) atoms. The number of benzene rings is 1. The summed E-state index contributed by atoms with van der Waals surface area (Å²) in [6.45, 7) is 0. The Hall–Kier alpha value is -1.64. The van der Waals surface area contributed by atoms with E-state index in [9.17, 15) is 8.78 Å². The van der Waals surface area contributed by atoms with Crippen LogP contribution < -0.4 is 0 Å². The van der Waals surface area contributed by atoms with Gasteiger partial charge < -0.3 is 4.98 Å². The lowest BCUT2D eigenvalue weighted by molar-refractivity contribution is 0.582. The predicted octanol–water partition coefficient (Wildman–Crippen LogP) is 2.76. The smallest absolute Gasteiger partial charge is 0.142 e. The van der Waals surface area contributed by atoms with E-state index in [1.807, 2.05) is 6.07 Å². The first-order valence-electron chi connectivity index (χ1n) is 3.78. The van der Waals surface area contributed by atoms with Gasteiger partial charge in [0.1, 0.15) is 11.6 Å². The lowest BCUT2D eigenvalue weighted by Gasteiger charge is -1.98. The standard InChI is InChI=1S/C10H6F2N/c11-8-1-2-9(10(12)5-8)7-3-4-13-6-7/h1-4,6,13H. The van der Waals surface area contributed by atoms with Gasteiger partial charge in [-0.3, -0.25) is 0 Å². The number of rotatable bonds is 1. The molecule has 0 aliphatic rings. The summed E-state index contributed by atoms with van der Waals surface area (Å²) in [6, 6.07) is 6.27. The second kappa shape index (κ2) is 3.01. The van der Waals surface area contributed by atoms with Crippen LogP contribution >= 0.6 is 0 Å². The zero-order chi connectivity index (χ0) is 9.26. The molecule has 0 bridgehead atoms. The average molecular weight is 178 g/mol. The van der Waals surface area contributed by atoms with Gasteiger partial charge in [-0.15, -0.1) is 0 Å². The van der Waals surface area contributed by atoms with Gasteiger partial charge in [0.2, 0.25) is 0 Å². The molecule has 0 aliphatic carbocycles. The number of aromatic nitrogens is 1. The third-order valence-electron chi connectivity index (χ3n) is 1.77. The van der Waals surface area contributed by atoms with Crippen molar-refractivity contribution in [3.8, 4) is 11.1 Å². The number of H-pyrrole nitrogens is 1. The van der Waals surface area contributed by atoms with E-state index in [1.165, 1.54) is 12.1 Å². The molecular weight excluding hydrogens is 172 g/mol. The summed E-state index contributed by atoms with van der Waals surface area (Å²) in [7, 11) is 0. The Bertz CT molecular complexity index is 407. The molecule has 1 radical (unpaired) electrons. The molecule has 1 aromatic heterocycles. The molecule has 3 heteroatoms. The predicted molar refractivity (Wildman–Crippen MR) is 45.0 cm³/mol. The van der Waals surface area contributed by atoms with Gasteiger partial charge in [-0.1, -0.05) is 0 Å². The number of hydrogen-bond acceptors (Lipinski definition) is 0. The normalized spacial score (nSPS) is 10.3. The van der Waals surface area contributed by atoms with Crippen molar-refractivity contribution in [1.29, 1.82) is 0 Å². The summed E-state index contributed by atoms with van der Waals surface area (Å²) in [6.07, 6.45) is 3.32. The van der Waals surface area contributed by atoms with Gasteiger partial charge in [0.05, 0.1) is 6.07 Å². The Morgan fingerprint density at radius 2 is 2.00 bits per heavy atom. The summed E-state index contributed by atoms with van der Waals surface area (Å²) in [5, 5.41) is 0. The molecule has 2 aromatic rings. The summed E-state index contributed by atoms with van der Waals surface area (Å²) >= 11 is 0. The molecule has 0 atom stereocenters. The van der Waals surface area contributed by atoms with Crippen LogP contribution in [0.5, 0.6) is 0 Å². The van der Waals surface area contributed by atoms with Crippen LogP contribution in [0.25, 0.3) is 11.1 Å². The maximum absolute atomic E-state index is 13.1. The fourth-order valence-corrected chi connectivity index (χ4v) is 1.16. The van der Waals surface area contributed by atoms with Crippen molar-refractivity contribution in [2.45, 2.75) is 0 Å². The van der Waals surface area contributed by atoms with Gasteiger partial charge in [-0.2, -0.15) is 0 Å². The Kier molecular flexibility index (Phi) is 1.85. The van der Waals surface area contributed by atoms with Crippen LogP contribution in [0.3, 0.4) is 0 Å². The van der Waals surface area contributed by atoms with Gasteiger partial charge in [0.15, 0.2) is 0 Å². The number of aromatic amines is 1. The number of nitrogens with one attached hydrogen (secondary N) is 1. The Balaban J connectivity index is 2.53. The van der Waals surface area contributed by atoms with E-state index in [2.05, 4.69) is 4.98 Å². The molecule has 2 rings (SSSR count). The van der Waals surface area contributed by atoms with Gasteiger partial charge in [0, 0.05) is 23.5 Å². The van der Waals surface area contributed by atoms with E-state index in [-0.39, 0.29) is 0 Å². The summed E-state index contributed by atoms with van der Waals surface area (Å²) < 4.78 is 25.6. The zero-order valence-electron chi connectivity index (χ0n) is 6.64. The van der Waals surface area contributed by atoms with Crippen molar-refractivity contribution >= 4 is 0 Å². The van der Waals surface area contributed by atoms with E-state index in [0.29, 0.717) is 11.1 Å². The van der Waals surface area contributed by atoms with Crippen LogP contribution in [0.15, 0.2) is 30.6 Å². The molecule has 0 spiro atoms. The van der Waals surface area contributed by atoms with Gasteiger partial charge in [-0.25, -0.2) is 8.78 Å². The molecule has 0 saturated heterocycles. The van der Waals surface area contributed by atoms with E-state index < -0.39 is 11.6 Å². The highest BCUT2D eigenvalue weighted by Gasteiger charge is 2.06. The zero-order valence-corrected chi connectivity index (χ0v) is 6.64. The first-order valence-corrected chi connectivity index (χ1v) is 3.78. The van der Waals surface area contributed by atoms with E-state index in [4.69, 9.17) is 0 Å². The van der Waals surface area contributed by atoms with Crippen molar-refractivity contribution in [2.24, 2.45) is 0 Å². The third kappa shape index (κ3) is 1.45. The summed E-state index contributed by atoms with van der Waals surface area (Å²) in [5.74, 6) is -1.35. The largest absolute Gasteiger partial charge is 0.367 e. The molecule has 0 saturated carbocycles. The van der Waals surface area contributed by atoms with Gasteiger partial charge >= 0.3 is 0 Å². The average Bonchev–Trinajstić information content (AvgIpc) is 2.56. The highest BCUT2D eigenvalue weighted by Crippen LogP contribution is 2.21. The van der Waals surface area contributed by atoms with E-state index >= 15 is 0 Å². The highest BCUT2D eigenvalue weighted by atomic mass is 19.1. The Morgan fingerprint density at radius 1 is 1.15 bits per heavy atom. The van der Waals surface area contributed by atoms with Crippen LogP contribution in [-0.4, -0.2) is 4.98 Å². The molecule has 1 aromatic carbocycles. The van der Waals surface area contributed by atoms with Crippen molar-refractivity contribution in [2.75, 3.05) is 0 Å². The number of halogens is 2. The first-order chi connectivity index (χ1) is 6.27. The lowest BCUT2D eigenvalue weighted by Crippen LogP contribution is -1.84. The molecule has 1 nitrogen and oxygen atoms in total. The van der Waals surface area contributed by atoms with Crippen LogP contribution in [0.1, 0.15) is 0 Å². The fourth-order valence-electron chi connectivity index (χ4n) is 1.16. The van der Waals surface area contributed by atoms with E-state index in [1.54, 1.807) is 18.5 Å². The Morgan fingerprint density at radius 3 is 2.62 bits per heavy atom. The maximum atomic E-state index is 13.1. The molecule has 1 N–H and O–H groups in total. The quantitative estimate of drug-likeness (QED) is 0.691. The van der Waals surface area contributed by atoms with Crippen LogP contribution in [0.4, 0.5) is 8.78 Å². The molecule has 0 aliphatic heterocycles. The van der Waals surface area contributed by atoms with Crippen LogP contribution in [-0.2, 0) is 0 Å². The minimum absolute atomic E-state index is 0.350. The van der Waals surface area contributed by atoms with Crippen molar-refractivity contribution in [1.82, 2.24) is 4.98 Å². The minimum Gasteiger partial charge on any atom is -0.367 e. The summed E-state index contributed by atoms with van der Waals surface area (Å²) in [5.41, 5.74) is 1.04. The molecule has 0 amide bonds. The topological polar surface area (TPSA) is 15.8 Å². The molecule has 65 valence electrons. The van der Waals surface area contributed by atoms with Gasteiger partial charge in [-0.05, 0) is 18.2 Å². The van der Waals surface area contributed by atoms with Crippen LogP contribution in [0, 0.1) is 17.7 Å². The van der Waals surface area contributed by atoms with E-state index in [0.717, 1.165) is 0 Å². The Labute approximate surface area is 74.0 Å². The first kappa shape index (κ1) is 7.98. The third-order valence-corrected chi connectivity index (χ3v) is 1.77. The van der Waals surface area contributed by atoms with Crippen LogP contribution in [0.2, 0.25) is 0 Å². The van der Waals surface area contributed by atoms with Crippen molar-refractivity contribution < 1.29 is 8.78 Å². The monoisotopic (exact) mass is 178 g/mol. The second-order valence-corrected chi connectivity index (χ2v) is 2.63. The summed E-state index contributed by atoms with van der Waals surface area (Å²) in [4.78, 5) is 2.80. The minimum atomic E-state index is -0.684. The number of hydrogen-bond donors (Lipinski definition) is 1. The van der Waals surface area contributed by atoms with Gasteiger partial charge in [0.25, 0.3) is 0 Å². The molecule has 0 fully saturated rings. The lowest BCUT2D eigenvalue weighted by atomic mass is 10.1. The highest BCUT2D eigenvalue weighted by molar-refractivity contribution is 5.62. The van der Waals surface area contributed by atoms with Crippen molar-refractivity contribution in [3.63, 3.8) is 0 Å². The molecular formula is C10H6F2N. The maximum Gasteiger partial charge on any atom is 0.142 e. The van der Waals surface area contributed by atoms with Crippen molar-refractivity contribution in [3.05, 3.63) is 48.3 Å². The SMILES string of the molecule is Fc1[c]c(F)c(-c2cc[nH]c2)cc1.